The molecule has 0 aromatic carbocycles. The van der Waals surface area contributed by atoms with Crippen molar-refractivity contribution >= 4 is 33.4 Å². The normalized spacial score (nSPS) is 14.9. The highest BCUT2D eigenvalue weighted by Crippen LogP contribution is 2.34. The minimum Gasteiger partial charge on any atom is -0.378 e. The third-order valence-electron chi connectivity index (χ3n) is 6.31. The Kier molecular flexibility index (Phi) is 6.21. The summed E-state index contributed by atoms with van der Waals surface area (Å²) >= 11 is 0. The fourth-order valence-electron chi connectivity index (χ4n) is 3.86. The van der Waals surface area contributed by atoms with Crippen LogP contribution in [-0.4, -0.2) is 62.6 Å². The first-order chi connectivity index (χ1) is 15.6. The maximum absolute atomic E-state index is 12.6. The Morgan fingerprint density at radius 3 is 2.58 bits per heavy atom. The second kappa shape index (κ2) is 8.80. The molecular weight excluding hydrogens is 437 g/mol. The molecule has 0 aliphatic carbocycles. The van der Waals surface area contributed by atoms with Crippen LogP contribution in [0.4, 0.5) is 5.82 Å². The number of sulfone groups is 1. The monoisotopic (exact) mass is 465 g/mol. The number of morpholine rings is 1. The number of nitriles is 1. The Morgan fingerprint density at radius 2 is 1.91 bits per heavy atom. The zero-order chi connectivity index (χ0) is 23.8. The summed E-state index contributed by atoms with van der Waals surface area (Å²) in [7, 11) is -3.37. The number of fused-ring (bicyclic) bond motifs is 1. The molecule has 1 aliphatic rings. The van der Waals surface area contributed by atoms with Crippen LogP contribution in [0.25, 0.3) is 22.4 Å². The highest BCUT2D eigenvalue weighted by atomic mass is 32.2. The number of rotatable bonds is 6. The number of aromatic nitrogens is 3. The highest BCUT2D eigenvalue weighted by Gasteiger charge is 2.34. The predicted octanol–water partition coefficient (Wildman–Crippen LogP) is 3.01. The Bertz CT molecular complexity index is 1320. The number of nitrogens with zero attached hydrogens (tertiary/aromatic N) is 4. The molecule has 10 heteroatoms. The molecule has 3 aromatic rings. The average molecular weight is 465 g/mol. The molecule has 172 valence electrons. The molecule has 1 saturated heterocycles. The van der Waals surface area contributed by atoms with Gasteiger partial charge in [0.05, 0.1) is 40.4 Å². The van der Waals surface area contributed by atoms with Crippen LogP contribution in [0.3, 0.4) is 0 Å². The lowest BCUT2D eigenvalue weighted by atomic mass is 9.51. The van der Waals surface area contributed by atoms with E-state index in [4.69, 9.17) is 20.0 Å². The van der Waals surface area contributed by atoms with E-state index in [1.54, 1.807) is 13.8 Å². The van der Waals surface area contributed by atoms with E-state index in [2.05, 4.69) is 15.9 Å². The summed E-state index contributed by atoms with van der Waals surface area (Å²) in [5, 5.41) is 9.10. The summed E-state index contributed by atoms with van der Waals surface area (Å²) in [6, 6.07) is 9.48. The third kappa shape index (κ3) is 4.75. The standard InChI is InChI=1S/C23H28BN5O3S/c1-23(2,33(4,30)31)16-11-20(28-22(12-16)29-7-9-32-10-8-29)19-6-5-18-21(27-19)13-17(26-18)14-24(3)15-25/h5-6,11-13,26H,7-10,14H2,1-4H3. The molecule has 3 aromatic heterocycles. The van der Waals surface area contributed by atoms with Crippen molar-refractivity contribution in [1.82, 2.24) is 15.0 Å². The molecule has 0 amide bonds. The number of pyridine rings is 2. The number of hydrogen-bond acceptors (Lipinski definition) is 7. The summed E-state index contributed by atoms with van der Waals surface area (Å²) in [6.45, 7) is 7.83. The van der Waals surface area contributed by atoms with Crippen LogP contribution in [0, 0.1) is 11.2 Å². The van der Waals surface area contributed by atoms with Gasteiger partial charge in [0.2, 0.25) is 0 Å². The molecule has 4 rings (SSSR count). The first-order valence-electron chi connectivity index (χ1n) is 11.0. The first kappa shape index (κ1) is 23.3. The first-order valence-corrected chi connectivity index (χ1v) is 12.9. The Hall–Kier alpha value is -2.90. The zero-order valence-corrected chi connectivity index (χ0v) is 20.2. The fourth-order valence-corrected chi connectivity index (χ4v) is 4.40. The summed E-state index contributed by atoms with van der Waals surface area (Å²) in [5.41, 5.74) is 4.60. The maximum Gasteiger partial charge on any atom is 0.270 e. The van der Waals surface area contributed by atoms with Crippen LogP contribution in [0.15, 0.2) is 30.3 Å². The lowest BCUT2D eigenvalue weighted by Crippen LogP contribution is -2.37. The van der Waals surface area contributed by atoms with Gasteiger partial charge in [0.1, 0.15) is 5.82 Å². The molecule has 33 heavy (non-hydrogen) atoms. The summed E-state index contributed by atoms with van der Waals surface area (Å²) < 4.78 is 29.6. The van der Waals surface area contributed by atoms with E-state index < -0.39 is 14.6 Å². The minimum atomic E-state index is -3.37. The molecule has 8 nitrogen and oxygen atoms in total. The molecule has 0 saturated carbocycles. The van der Waals surface area contributed by atoms with E-state index in [-0.39, 0.29) is 6.71 Å². The molecule has 1 aliphatic heterocycles. The predicted molar refractivity (Wildman–Crippen MR) is 131 cm³/mol. The van der Waals surface area contributed by atoms with Gasteiger partial charge in [-0.2, -0.15) is 0 Å². The quantitative estimate of drug-likeness (QED) is 0.557. The van der Waals surface area contributed by atoms with Crippen molar-refractivity contribution in [2.24, 2.45) is 0 Å². The van der Waals surface area contributed by atoms with E-state index in [1.165, 1.54) is 6.26 Å². The third-order valence-corrected chi connectivity index (χ3v) is 8.40. The second-order valence-corrected chi connectivity index (χ2v) is 11.7. The zero-order valence-electron chi connectivity index (χ0n) is 19.4. The summed E-state index contributed by atoms with van der Waals surface area (Å²) in [5.74, 6) is 2.98. The Labute approximate surface area is 195 Å². The van der Waals surface area contributed by atoms with E-state index in [1.807, 2.05) is 37.2 Å². The molecule has 0 spiro atoms. The van der Waals surface area contributed by atoms with Gasteiger partial charge in [-0.25, -0.2) is 23.6 Å². The van der Waals surface area contributed by atoms with Crippen LogP contribution in [-0.2, 0) is 25.6 Å². The number of ether oxygens (including phenoxy) is 1. The van der Waals surface area contributed by atoms with Crippen LogP contribution in [0.5, 0.6) is 0 Å². The van der Waals surface area contributed by atoms with Crippen molar-refractivity contribution in [1.29, 1.82) is 5.26 Å². The molecule has 0 radical (unpaired) electrons. The second-order valence-electron chi connectivity index (χ2n) is 9.14. The van der Waals surface area contributed by atoms with Crippen molar-refractivity contribution in [2.75, 3.05) is 37.5 Å². The van der Waals surface area contributed by atoms with Crippen LogP contribution >= 0.6 is 0 Å². The van der Waals surface area contributed by atoms with Gasteiger partial charge in [0.25, 0.3) is 6.71 Å². The van der Waals surface area contributed by atoms with E-state index >= 15 is 0 Å². The van der Waals surface area contributed by atoms with Gasteiger partial charge in [0.15, 0.2) is 9.84 Å². The van der Waals surface area contributed by atoms with E-state index in [0.717, 1.165) is 22.5 Å². The van der Waals surface area contributed by atoms with Crippen LogP contribution in [0.1, 0.15) is 25.1 Å². The Balaban J connectivity index is 1.81. The topological polar surface area (TPSA) is 112 Å². The number of aromatic amines is 1. The van der Waals surface area contributed by atoms with E-state index in [0.29, 0.717) is 49.6 Å². The molecule has 1 fully saturated rings. The van der Waals surface area contributed by atoms with Gasteiger partial charge >= 0.3 is 0 Å². The highest BCUT2D eigenvalue weighted by molar-refractivity contribution is 7.91. The van der Waals surface area contributed by atoms with E-state index in [9.17, 15) is 8.42 Å². The average Bonchev–Trinajstić information content (AvgIpc) is 3.19. The number of hydrogen-bond donors (Lipinski definition) is 1. The SMILES string of the molecule is CB(C#N)Cc1cc2nc(-c3cc(C(C)(C)S(C)(=O)=O)cc(N4CCOCC4)n3)ccc2[nH]1. The minimum absolute atomic E-state index is 0.0924. The number of nitrogens with one attached hydrogen (secondary N) is 1. The molecule has 0 bridgehead atoms. The van der Waals surface area contributed by atoms with Crippen molar-refractivity contribution in [3.05, 3.63) is 41.6 Å². The smallest absolute Gasteiger partial charge is 0.270 e. The van der Waals surface area contributed by atoms with Gasteiger partial charge in [-0.05, 0) is 56.1 Å². The van der Waals surface area contributed by atoms with Gasteiger partial charge in [-0.3, -0.25) is 0 Å². The lowest BCUT2D eigenvalue weighted by molar-refractivity contribution is 0.122. The van der Waals surface area contributed by atoms with Crippen LogP contribution in [0.2, 0.25) is 6.82 Å². The van der Waals surface area contributed by atoms with Crippen molar-refractivity contribution in [3.63, 3.8) is 0 Å². The van der Waals surface area contributed by atoms with Gasteiger partial charge < -0.3 is 14.6 Å². The number of anilines is 1. The Morgan fingerprint density at radius 1 is 1.18 bits per heavy atom. The molecule has 0 atom stereocenters. The van der Waals surface area contributed by atoms with Gasteiger partial charge in [0, 0.05) is 31.0 Å². The summed E-state index contributed by atoms with van der Waals surface area (Å²) in [4.78, 5) is 15.1. The molecule has 1 N–H and O–H groups in total. The van der Waals surface area contributed by atoms with Crippen molar-refractivity contribution in [2.45, 2.75) is 31.7 Å². The van der Waals surface area contributed by atoms with Crippen LogP contribution < -0.4 is 4.90 Å². The van der Waals surface area contributed by atoms with Crippen molar-refractivity contribution in [3.8, 4) is 17.4 Å². The summed E-state index contributed by atoms with van der Waals surface area (Å²) in [6.07, 6.45) is 1.88. The number of H-pyrrole nitrogens is 1. The molecule has 0 unspecified atom stereocenters. The molecular formula is C23H28BN5O3S. The largest absolute Gasteiger partial charge is 0.378 e. The molecule has 4 heterocycles. The van der Waals surface area contributed by atoms with Gasteiger partial charge in [-0.1, -0.05) is 6.82 Å². The van der Waals surface area contributed by atoms with Gasteiger partial charge in [-0.15, -0.1) is 0 Å². The fraction of sp³-hybridized carbons (Fsp3) is 0.435. The van der Waals surface area contributed by atoms with Crippen molar-refractivity contribution < 1.29 is 13.2 Å². The lowest BCUT2D eigenvalue weighted by Gasteiger charge is -2.30. The maximum atomic E-state index is 12.6.